The Morgan fingerprint density at radius 2 is 2.11 bits per heavy atom. The van der Waals surface area contributed by atoms with Crippen molar-refractivity contribution in [2.24, 2.45) is 7.05 Å². The number of rotatable bonds is 3. The van der Waals surface area contributed by atoms with E-state index in [9.17, 15) is 5.11 Å². The first-order chi connectivity index (χ1) is 8.47. The Bertz CT molecular complexity index is 568. The fourth-order valence-electron chi connectivity index (χ4n) is 1.82. The quantitative estimate of drug-likeness (QED) is 0.943. The van der Waals surface area contributed by atoms with E-state index in [2.05, 4.69) is 10.1 Å². The molecule has 0 spiro atoms. The van der Waals surface area contributed by atoms with Crippen molar-refractivity contribution in [3.8, 4) is 0 Å². The molecule has 2 aromatic heterocycles. The molecular weight excluding hydrogens is 273 g/mol. The molecule has 18 heavy (non-hydrogen) atoms. The molecule has 4 nitrogen and oxygen atoms in total. The standard InChI is InChI=1S/C12H13Cl2N3O/c1-7-3-9(17(2)16-7)5-11(18)12-10(14)4-8(13)6-15-12/h3-4,6,11,18H,5H2,1-2H3. The van der Waals surface area contributed by atoms with Crippen molar-refractivity contribution in [2.45, 2.75) is 19.4 Å². The summed E-state index contributed by atoms with van der Waals surface area (Å²) in [5, 5.41) is 15.2. The van der Waals surface area contributed by atoms with Crippen LogP contribution < -0.4 is 0 Å². The lowest BCUT2D eigenvalue weighted by atomic mass is 10.1. The van der Waals surface area contributed by atoms with E-state index >= 15 is 0 Å². The Hall–Kier alpha value is -1.10. The Morgan fingerprint density at radius 3 is 2.67 bits per heavy atom. The normalized spacial score (nSPS) is 12.7. The second kappa shape index (κ2) is 5.26. The van der Waals surface area contributed by atoms with E-state index in [0.717, 1.165) is 11.4 Å². The molecule has 0 aromatic carbocycles. The molecule has 1 N–H and O–H groups in total. The third kappa shape index (κ3) is 2.83. The van der Waals surface area contributed by atoms with E-state index < -0.39 is 6.10 Å². The maximum atomic E-state index is 10.1. The smallest absolute Gasteiger partial charge is 0.103 e. The summed E-state index contributed by atoms with van der Waals surface area (Å²) in [5.41, 5.74) is 2.27. The molecule has 0 aliphatic heterocycles. The molecule has 1 atom stereocenters. The zero-order chi connectivity index (χ0) is 13.3. The number of nitrogens with zero attached hydrogens (tertiary/aromatic N) is 3. The minimum Gasteiger partial charge on any atom is -0.386 e. The summed E-state index contributed by atoms with van der Waals surface area (Å²) in [7, 11) is 1.84. The monoisotopic (exact) mass is 285 g/mol. The number of aryl methyl sites for hydroxylation is 2. The van der Waals surface area contributed by atoms with Gasteiger partial charge in [0.15, 0.2) is 0 Å². The number of aliphatic hydroxyl groups excluding tert-OH is 1. The van der Waals surface area contributed by atoms with Crippen molar-refractivity contribution < 1.29 is 5.11 Å². The van der Waals surface area contributed by atoms with Crippen LogP contribution in [0.1, 0.15) is 23.2 Å². The van der Waals surface area contributed by atoms with Crippen molar-refractivity contribution in [1.82, 2.24) is 14.8 Å². The maximum absolute atomic E-state index is 10.1. The highest BCUT2D eigenvalue weighted by atomic mass is 35.5. The number of aromatic nitrogens is 3. The second-order valence-electron chi connectivity index (χ2n) is 4.14. The Balaban J connectivity index is 2.21. The zero-order valence-electron chi connectivity index (χ0n) is 10.1. The molecule has 0 saturated heterocycles. The van der Waals surface area contributed by atoms with Crippen molar-refractivity contribution in [3.05, 3.63) is 45.5 Å². The summed E-state index contributed by atoms with van der Waals surface area (Å²) in [6, 6.07) is 3.50. The van der Waals surface area contributed by atoms with E-state index in [1.165, 1.54) is 6.20 Å². The lowest BCUT2D eigenvalue weighted by Crippen LogP contribution is -2.08. The van der Waals surface area contributed by atoms with Crippen LogP contribution in [-0.2, 0) is 13.5 Å². The van der Waals surface area contributed by atoms with Gasteiger partial charge in [0.2, 0.25) is 0 Å². The molecule has 6 heteroatoms. The molecule has 0 radical (unpaired) electrons. The van der Waals surface area contributed by atoms with E-state index in [1.54, 1.807) is 10.7 Å². The van der Waals surface area contributed by atoms with E-state index in [1.807, 2.05) is 20.0 Å². The first-order valence-electron chi connectivity index (χ1n) is 5.46. The summed E-state index contributed by atoms with van der Waals surface area (Å²) in [4.78, 5) is 4.07. The van der Waals surface area contributed by atoms with Gasteiger partial charge in [-0.3, -0.25) is 9.67 Å². The highest BCUT2D eigenvalue weighted by molar-refractivity contribution is 6.34. The van der Waals surface area contributed by atoms with Crippen LogP contribution in [0.2, 0.25) is 10.0 Å². The Kier molecular flexibility index (Phi) is 3.90. The first-order valence-corrected chi connectivity index (χ1v) is 6.21. The SMILES string of the molecule is Cc1cc(CC(O)c2ncc(Cl)cc2Cl)n(C)n1. The molecule has 2 rings (SSSR count). The second-order valence-corrected chi connectivity index (χ2v) is 4.98. The highest BCUT2D eigenvalue weighted by Gasteiger charge is 2.16. The third-order valence-corrected chi connectivity index (χ3v) is 3.16. The number of hydrogen-bond acceptors (Lipinski definition) is 3. The lowest BCUT2D eigenvalue weighted by molar-refractivity contribution is 0.171. The summed E-state index contributed by atoms with van der Waals surface area (Å²) in [6.45, 7) is 1.91. The van der Waals surface area contributed by atoms with Gasteiger partial charge in [-0.1, -0.05) is 23.2 Å². The van der Waals surface area contributed by atoms with Crippen molar-refractivity contribution in [2.75, 3.05) is 0 Å². The van der Waals surface area contributed by atoms with Gasteiger partial charge in [-0.2, -0.15) is 5.10 Å². The van der Waals surface area contributed by atoms with Crippen LogP contribution >= 0.6 is 23.2 Å². The fourth-order valence-corrected chi connectivity index (χ4v) is 2.33. The van der Waals surface area contributed by atoms with Gasteiger partial charge in [0.05, 0.1) is 21.4 Å². The summed E-state index contributed by atoms with van der Waals surface area (Å²) >= 11 is 11.8. The minimum atomic E-state index is -0.774. The van der Waals surface area contributed by atoms with Crippen LogP contribution in [0.25, 0.3) is 0 Å². The van der Waals surface area contributed by atoms with Crippen molar-refractivity contribution in [1.29, 1.82) is 0 Å². The number of pyridine rings is 1. The van der Waals surface area contributed by atoms with Crippen molar-refractivity contribution >= 4 is 23.2 Å². The van der Waals surface area contributed by atoms with E-state index in [-0.39, 0.29) is 0 Å². The molecule has 2 heterocycles. The van der Waals surface area contributed by atoms with Gasteiger partial charge in [0.1, 0.15) is 6.10 Å². The predicted molar refractivity (Wildman–Crippen MR) is 70.9 cm³/mol. The van der Waals surface area contributed by atoms with Gasteiger partial charge in [0, 0.05) is 25.4 Å². The van der Waals surface area contributed by atoms with Gasteiger partial charge >= 0.3 is 0 Å². The molecule has 0 bridgehead atoms. The molecular formula is C12H13Cl2N3O. The largest absolute Gasteiger partial charge is 0.386 e. The van der Waals surface area contributed by atoms with Gasteiger partial charge in [-0.05, 0) is 19.1 Å². The first kappa shape index (κ1) is 13.3. The average Bonchev–Trinajstić information content (AvgIpc) is 2.57. The maximum Gasteiger partial charge on any atom is 0.103 e. The molecule has 0 aliphatic carbocycles. The van der Waals surface area contributed by atoms with E-state index in [4.69, 9.17) is 23.2 Å². The Morgan fingerprint density at radius 1 is 1.39 bits per heavy atom. The van der Waals surface area contributed by atoms with Crippen LogP contribution in [0, 0.1) is 6.92 Å². The highest BCUT2D eigenvalue weighted by Crippen LogP contribution is 2.26. The summed E-state index contributed by atoms with van der Waals surface area (Å²) < 4.78 is 1.74. The molecule has 0 fully saturated rings. The van der Waals surface area contributed by atoms with Gasteiger partial charge in [-0.25, -0.2) is 0 Å². The van der Waals surface area contributed by atoms with Crippen LogP contribution in [0.4, 0.5) is 0 Å². The number of hydrogen-bond donors (Lipinski definition) is 1. The average molecular weight is 286 g/mol. The van der Waals surface area contributed by atoms with Gasteiger partial charge in [-0.15, -0.1) is 0 Å². The summed E-state index contributed by atoms with van der Waals surface area (Å²) in [6.07, 6.45) is 1.11. The molecule has 0 amide bonds. The van der Waals surface area contributed by atoms with Crippen LogP contribution in [0.5, 0.6) is 0 Å². The topological polar surface area (TPSA) is 50.9 Å². The van der Waals surface area contributed by atoms with Gasteiger partial charge in [0.25, 0.3) is 0 Å². The molecule has 2 aromatic rings. The molecule has 1 unspecified atom stereocenters. The zero-order valence-corrected chi connectivity index (χ0v) is 11.6. The third-order valence-electron chi connectivity index (χ3n) is 2.65. The van der Waals surface area contributed by atoms with Gasteiger partial charge < -0.3 is 5.11 Å². The predicted octanol–water partition coefficient (Wildman–Crippen LogP) is 2.71. The number of halogens is 2. The van der Waals surface area contributed by atoms with Crippen LogP contribution in [0.3, 0.4) is 0 Å². The molecule has 0 aliphatic rings. The van der Waals surface area contributed by atoms with Crippen molar-refractivity contribution in [3.63, 3.8) is 0 Å². The van der Waals surface area contributed by atoms with Crippen LogP contribution in [-0.4, -0.2) is 19.9 Å². The summed E-state index contributed by atoms with van der Waals surface area (Å²) in [5.74, 6) is 0. The van der Waals surface area contributed by atoms with E-state index in [0.29, 0.717) is 22.2 Å². The van der Waals surface area contributed by atoms with Crippen LogP contribution in [0.15, 0.2) is 18.3 Å². The minimum absolute atomic E-state index is 0.369. The Labute approximate surface area is 115 Å². The molecule has 0 saturated carbocycles. The fraction of sp³-hybridized carbons (Fsp3) is 0.333. The molecule has 96 valence electrons. The number of aliphatic hydroxyl groups is 1. The lowest BCUT2D eigenvalue weighted by Gasteiger charge is -2.11.